The van der Waals surface area contributed by atoms with Crippen LogP contribution in [0.2, 0.25) is 0 Å². The van der Waals surface area contributed by atoms with Gasteiger partial charge in [-0.3, -0.25) is 9.78 Å². The van der Waals surface area contributed by atoms with E-state index in [2.05, 4.69) is 20.9 Å². The number of methoxy groups -OCH3 is 1. The van der Waals surface area contributed by atoms with Crippen molar-refractivity contribution in [2.24, 2.45) is 0 Å². The normalized spacial score (nSPS) is 10.2. The van der Waals surface area contributed by atoms with Crippen LogP contribution in [0.1, 0.15) is 16.1 Å². The molecule has 1 heterocycles. The molecule has 2 rings (SSSR count). The van der Waals surface area contributed by atoms with Crippen LogP contribution in [-0.2, 0) is 6.54 Å². The Morgan fingerprint density at radius 1 is 1.35 bits per heavy atom. The fourth-order valence-electron chi connectivity index (χ4n) is 1.85. The van der Waals surface area contributed by atoms with E-state index in [1.807, 2.05) is 24.3 Å². The SMILES string of the molecule is COc1cc(Br)ccc1C(=O)N(C)Cc1ccccn1. The summed E-state index contributed by atoms with van der Waals surface area (Å²) in [4.78, 5) is 18.3. The standard InChI is InChI=1S/C15H15BrN2O2/c1-18(10-12-5-3-4-8-17-12)15(19)13-7-6-11(16)9-14(13)20-2/h3-9H,10H2,1-2H3. The van der Waals surface area contributed by atoms with E-state index in [1.165, 1.54) is 0 Å². The largest absolute Gasteiger partial charge is 0.496 e. The van der Waals surface area contributed by atoms with Crippen LogP contribution in [-0.4, -0.2) is 29.9 Å². The summed E-state index contributed by atoms with van der Waals surface area (Å²) in [5.41, 5.74) is 1.38. The number of hydrogen-bond donors (Lipinski definition) is 0. The van der Waals surface area contributed by atoms with Crippen molar-refractivity contribution in [3.05, 3.63) is 58.3 Å². The van der Waals surface area contributed by atoms with Gasteiger partial charge in [-0.1, -0.05) is 22.0 Å². The lowest BCUT2D eigenvalue weighted by Gasteiger charge is -2.18. The minimum Gasteiger partial charge on any atom is -0.496 e. The first-order chi connectivity index (χ1) is 9.61. The van der Waals surface area contributed by atoms with E-state index in [-0.39, 0.29) is 5.91 Å². The average Bonchev–Trinajstić information content (AvgIpc) is 2.47. The molecule has 104 valence electrons. The Morgan fingerprint density at radius 3 is 2.80 bits per heavy atom. The van der Waals surface area contributed by atoms with Gasteiger partial charge < -0.3 is 9.64 Å². The zero-order valence-electron chi connectivity index (χ0n) is 11.3. The molecular weight excluding hydrogens is 320 g/mol. The zero-order valence-corrected chi connectivity index (χ0v) is 12.9. The summed E-state index contributed by atoms with van der Waals surface area (Å²) < 4.78 is 6.13. The van der Waals surface area contributed by atoms with Gasteiger partial charge in [0.05, 0.1) is 24.9 Å². The molecule has 0 aliphatic carbocycles. The Bertz CT molecular complexity index is 602. The third-order valence-corrected chi connectivity index (χ3v) is 3.36. The summed E-state index contributed by atoms with van der Waals surface area (Å²) in [7, 11) is 3.30. The third kappa shape index (κ3) is 3.36. The third-order valence-electron chi connectivity index (χ3n) is 2.87. The summed E-state index contributed by atoms with van der Waals surface area (Å²) >= 11 is 3.36. The Labute approximate surface area is 126 Å². The van der Waals surface area contributed by atoms with Crippen LogP contribution in [0.4, 0.5) is 0 Å². The smallest absolute Gasteiger partial charge is 0.257 e. The van der Waals surface area contributed by atoms with Gasteiger partial charge in [-0.05, 0) is 30.3 Å². The molecule has 0 aliphatic rings. The van der Waals surface area contributed by atoms with Crippen molar-refractivity contribution in [3.8, 4) is 5.75 Å². The molecule has 20 heavy (non-hydrogen) atoms. The van der Waals surface area contributed by atoms with Crippen LogP contribution >= 0.6 is 15.9 Å². The number of pyridine rings is 1. The van der Waals surface area contributed by atoms with Crippen LogP contribution < -0.4 is 4.74 Å². The molecule has 1 aromatic heterocycles. The van der Waals surface area contributed by atoms with Crippen molar-refractivity contribution in [1.82, 2.24) is 9.88 Å². The van der Waals surface area contributed by atoms with Gasteiger partial charge >= 0.3 is 0 Å². The first-order valence-electron chi connectivity index (χ1n) is 6.10. The van der Waals surface area contributed by atoms with E-state index < -0.39 is 0 Å². The quantitative estimate of drug-likeness (QED) is 0.862. The molecule has 0 saturated carbocycles. The molecule has 1 amide bonds. The van der Waals surface area contributed by atoms with Gasteiger partial charge in [-0.2, -0.15) is 0 Å². The Balaban J connectivity index is 2.18. The predicted octanol–water partition coefficient (Wildman–Crippen LogP) is 3.12. The lowest BCUT2D eigenvalue weighted by atomic mass is 10.1. The molecule has 0 bridgehead atoms. The van der Waals surface area contributed by atoms with E-state index in [0.717, 1.165) is 10.2 Å². The number of carbonyl (C=O) groups is 1. The molecule has 5 heteroatoms. The van der Waals surface area contributed by atoms with E-state index in [0.29, 0.717) is 17.9 Å². The maximum atomic E-state index is 12.4. The molecule has 0 saturated heterocycles. The number of nitrogens with zero attached hydrogens (tertiary/aromatic N) is 2. The molecule has 0 unspecified atom stereocenters. The van der Waals surface area contributed by atoms with Crippen molar-refractivity contribution >= 4 is 21.8 Å². The van der Waals surface area contributed by atoms with Crippen molar-refractivity contribution in [2.75, 3.05) is 14.2 Å². The number of amides is 1. The summed E-state index contributed by atoms with van der Waals surface area (Å²) in [6.07, 6.45) is 1.72. The van der Waals surface area contributed by atoms with Crippen LogP contribution in [0.5, 0.6) is 5.75 Å². The van der Waals surface area contributed by atoms with E-state index in [1.54, 1.807) is 37.4 Å². The van der Waals surface area contributed by atoms with Crippen molar-refractivity contribution in [1.29, 1.82) is 0 Å². The first kappa shape index (κ1) is 14.5. The molecule has 2 aromatic rings. The first-order valence-corrected chi connectivity index (χ1v) is 6.90. The predicted molar refractivity (Wildman–Crippen MR) is 80.7 cm³/mol. The molecule has 0 radical (unpaired) electrons. The summed E-state index contributed by atoms with van der Waals surface area (Å²) in [6.45, 7) is 0.457. The van der Waals surface area contributed by atoms with E-state index >= 15 is 0 Å². The fraction of sp³-hybridized carbons (Fsp3) is 0.200. The second-order valence-corrected chi connectivity index (χ2v) is 5.24. The molecule has 0 fully saturated rings. The molecule has 1 aromatic carbocycles. The monoisotopic (exact) mass is 334 g/mol. The Morgan fingerprint density at radius 2 is 2.15 bits per heavy atom. The molecule has 0 aliphatic heterocycles. The highest BCUT2D eigenvalue weighted by molar-refractivity contribution is 9.10. The van der Waals surface area contributed by atoms with Crippen molar-refractivity contribution in [2.45, 2.75) is 6.54 Å². The highest BCUT2D eigenvalue weighted by Crippen LogP contribution is 2.24. The van der Waals surface area contributed by atoms with Gasteiger partial charge in [0, 0.05) is 17.7 Å². The number of benzene rings is 1. The molecular formula is C15H15BrN2O2. The van der Waals surface area contributed by atoms with Crippen LogP contribution in [0.3, 0.4) is 0 Å². The topological polar surface area (TPSA) is 42.4 Å². The molecule has 0 spiro atoms. The minimum absolute atomic E-state index is 0.0972. The van der Waals surface area contributed by atoms with Crippen LogP contribution in [0.15, 0.2) is 47.1 Å². The lowest BCUT2D eigenvalue weighted by molar-refractivity contribution is 0.0780. The highest BCUT2D eigenvalue weighted by Gasteiger charge is 2.17. The molecule has 4 nitrogen and oxygen atoms in total. The summed E-state index contributed by atoms with van der Waals surface area (Å²) in [6, 6.07) is 11.0. The summed E-state index contributed by atoms with van der Waals surface area (Å²) in [5.74, 6) is 0.456. The van der Waals surface area contributed by atoms with E-state index in [9.17, 15) is 4.79 Å². The van der Waals surface area contributed by atoms with Gasteiger partial charge in [-0.15, -0.1) is 0 Å². The van der Waals surface area contributed by atoms with Crippen LogP contribution in [0, 0.1) is 0 Å². The van der Waals surface area contributed by atoms with Crippen LogP contribution in [0.25, 0.3) is 0 Å². The Kier molecular flexibility index (Phi) is 4.74. The second-order valence-electron chi connectivity index (χ2n) is 4.33. The number of hydrogen-bond acceptors (Lipinski definition) is 3. The Hall–Kier alpha value is -1.88. The van der Waals surface area contributed by atoms with Gasteiger partial charge in [-0.25, -0.2) is 0 Å². The lowest BCUT2D eigenvalue weighted by Crippen LogP contribution is -2.27. The maximum absolute atomic E-state index is 12.4. The zero-order chi connectivity index (χ0) is 14.5. The number of carbonyl (C=O) groups excluding carboxylic acids is 1. The number of halogens is 1. The highest BCUT2D eigenvalue weighted by atomic mass is 79.9. The van der Waals surface area contributed by atoms with Gasteiger partial charge in [0.2, 0.25) is 0 Å². The molecule has 0 atom stereocenters. The summed E-state index contributed by atoms with van der Waals surface area (Å²) in [5, 5.41) is 0. The number of ether oxygens (including phenoxy) is 1. The number of aromatic nitrogens is 1. The number of rotatable bonds is 4. The minimum atomic E-state index is -0.0972. The van der Waals surface area contributed by atoms with Gasteiger partial charge in [0.1, 0.15) is 5.75 Å². The van der Waals surface area contributed by atoms with E-state index in [4.69, 9.17) is 4.74 Å². The second kappa shape index (κ2) is 6.52. The molecule has 0 N–H and O–H groups in total. The maximum Gasteiger partial charge on any atom is 0.257 e. The van der Waals surface area contributed by atoms with Crippen molar-refractivity contribution in [3.63, 3.8) is 0 Å². The van der Waals surface area contributed by atoms with Gasteiger partial charge in [0.15, 0.2) is 0 Å². The van der Waals surface area contributed by atoms with Gasteiger partial charge in [0.25, 0.3) is 5.91 Å². The average molecular weight is 335 g/mol. The fourth-order valence-corrected chi connectivity index (χ4v) is 2.19. The van der Waals surface area contributed by atoms with Crippen molar-refractivity contribution < 1.29 is 9.53 Å².